The van der Waals surface area contributed by atoms with E-state index in [-0.39, 0.29) is 30.4 Å². The number of hydrogen-bond donors (Lipinski definition) is 0. The fraction of sp³-hybridized carbons (Fsp3) is 0.562. The van der Waals surface area contributed by atoms with Crippen LogP contribution in [0.3, 0.4) is 0 Å². The van der Waals surface area contributed by atoms with Crippen molar-refractivity contribution in [2.75, 3.05) is 40.9 Å². The zero-order valence-electron chi connectivity index (χ0n) is 13.6. The minimum Gasteiger partial charge on any atom is -0.481 e. The lowest BCUT2D eigenvalue weighted by atomic mass is 10.2. The number of halogens is 2. The third-order valence-electron chi connectivity index (χ3n) is 4.14. The molecular formula is C16H22F2N2O3. The van der Waals surface area contributed by atoms with Crippen molar-refractivity contribution in [1.29, 1.82) is 0 Å². The third-order valence-corrected chi connectivity index (χ3v) is 4.14. The average molecular weight is 328 g/mol. The predicted octanol–water partition coefficient (Wildman–Crippen LogP) is 1.52. The standard InChI is InChI=1S/C16H22F2N2O3/c1-19-9-13(22-3)7-12(19)8-20(2)16(21)10-23-15-5-4-11(17)6-14(15)18/h4-6,12-13H,7-10H2,1-3H3/t12-,13-/m0/s1. The van der Waals surface area contributed by atoms with E-state index in [1.807, 2.05) is 7.05 Å². The van der Waals surface area contributed by atoms with E-state index in [1.54, 1.807) is 19.1 Å². The first-order chi connectivity index (χ1) is 10.9. The molecule has 5 nitrogen and oxygen atoms in total. The largest absolute Gasteiger partial charge is 0.481 e. The van der Waals surface area contributed by atoms with Crippen molar-refractivity contribution in [3.63, 3.8) is 0 Å². The number of ether oxygens (including phenoxy) is 2. The van der Waals surface area contributed by atoms with Crippen LogP contribution < -0.4 is 4.74 Å². The normalized spacial score (nSPS) is 21.4. The SMILES string of the molecule is CO[C@H]1C[C@@H](CN(C)C(=O)COc2ccc(F)cc2F)N(C)C1. The molecule has 0 N–H and O–H groups in total. The summed E-state index contributed by atoms with van der Waals surface area (Å²) in [5.41, 5.74) is 0. The quantitative estimate of drug-likeness (QED) is 0.794. The van der Waals surface area contributed by atoms with E-state index in [4.69, 9.17) is 9.47 Å². The first-order valence-corrected chi connectivity index (χ1v) is 7.45. The molecule has 0 spiro atoms. The van der Waals surface area contributed by atoms with Crippen molar-refractivity contribution in [3.05, 3.63) is 29.8 Å². The van der Waals surface area contributed by atoms with Crippen LogP contribution in [0.4, 0.5) is 8.78 Å². The van der Waals surface area contributed by atoms with Gasteiger partial charge in [-0.2, -0.15) is 0 Å². The smallest absolute Gasteiger partial charge is 0.260 e. The molecule has 1 aliphatic heterocycles. The van der Waals surface area contributed by atoms with Crippen LogP contribution >= 0.6 is 0 Å². The molecule has 7 heteroatoms. The molecule has 0 unspecified atom stereocenters. The highest BCUT2D eigenvalue weighted by atomic mass is 19.1. The monoisotopic (exact) mass is 328 g/mol. The summed E-state index contributed by atoms with van der Waals surface area (Å²) in [5, 5.41) is 0. The van der Waals surface area contributed by atoms with Gasteiger partial charge >= 0.3 is 0 Å². The summed E-state index contributed by atoms with van der Waals surface area (Å²) in [5.74, 6) is -1.90. The van der Waals surface area contributed by atoms with Crippen molar-refractivity contribution in [1.82, 2.24) is 9.80 Å². The van der Waals surface area contributed by atoms with Crippen LogP contribution in [0.25, 0.3) is 0 Å². The number of likely N-dealkylation sites (tertiary alicyclic amines) is 1. The van der Waals surface area contributed by atoms with Gasteiger partial charge < -0.3 is 14.4 Å². The maximum atomic E-state index is 13.5. The Bertz CT molecular complexity index is 556. The molecule has 0 aliphatic carbocycles. The molecular weight excluding hydrogens is 306 g/mol. The number of rotatable bonds is 6. The molecule has 0 bridgehead atoms. The lowest BCUT2D eigenvalue weighted by molar-refractivity contribution is -0.132. The van der Waals surface area contributed by atoms with Crippen LogP contribution in [0, 0.1) is 11.6 Å². The van der Waals surface area contributed by atoms with Gasteiger partial charge in [-0.15, -0.1) is 0 Å². The van der Waals surface area contributed by atoms with E-state index in [0.717, 1.165) is 25.1 Å². The van der Waals surface area contributed by atoms with Crippen LogP contribution in [0.15, 0.2) is 18.2 Å². The predicted molar refractivity (Wildman–Crippen MR) is 81.3 cm³/mol. The number of carbonyl (C=O) groups is 1. The van der Waals surface area contributed by atoms with E-state index in [1.165, 1.54) is 6.07 Å². The molecule has 2 rings (SSSR count). The first kappa shape index (κ1) is 17.6. The Morgan fingerprint density at radius 1 is 1.43 bits per heavy atom. The van der Waals surface area contributed by atoms with Crippen molar-refractivity contribution in [3.8, 4) is 5.75 Å². The second-order valence-corrected chi connectivity index (χ2v) is 5.82. The Balaban J connectivity index is 1.83. The molecule has 0 radical (unpaired) electrons. The van der Waals surface area contributed by atoms with E-state index in [0.29, 0.717) is 6.54 Å². The summed E-state index contributed by atoms with van der Waals surface area (Å²) in [7, 11) is 5.36. The van der Waals surface area contributed by atoms with Crippen LogP contribution in [0.5, 0.6) is 5.75 Å². The van der Waals surface area contributed by atoms with Crippen molar-refractivity contribution >= 4 is 5.91 Å². The molecule has 0 saturated carbocycles. The first-order valence-electron chi connectivity index (χ1n) is 7.45. The van der Waals surface area contributed by atoms with Gasteiger partial charge in [-0.1, -0.05) is 0 Å². The summed E-state index contributed by atoms with van der Waals surface area (Å²) in [6.07, 6.45) is 1.04. The van der Waals surface area contributed by atoms with Crippen LogP contribution in [0.2, 0.25) is 0 Å². The molecule has 0 aromatic heterocycles. The second-order valence-electron chi connectivity index (χ2n) is 5.82. The van der Waals surface area contributed by atoms with Crippen LogP contribution in [-0.4, -0.2) is 68.8 Å². The Labute approximate surface area is 134 Å². The molecule has 1 aromatic carbocycles. The number of carbonyl (C=O) groups excluding carboxylic acids is 1. The summed E-state index contributed by atoms with van der Waals surface area (Å²) in [6.45, 7) is 1.09. The molecule has 1 fully saturated rings. The Kier molecular flexibility index (Phi) is 5.90. The van der Waals surface area contributed by atoms with Gasteiger partial charge in [0.2, 0.25) is 0 Å². The van der Waals surface area contributed by atoms with Gasteiger partial charge in [0.15, 0.2) is 18.2 Å². The summed E-state index contributed by atoms with van der Waals surface area (Å²) < 4.78 is 36.7. The average Bonchev–Trinajstić information content (AvgIpc) is 2.86. The number of amides is 1. The fourth-order valence-electron chi connectivity index (χ4n) is 2.67. The van der Waals surface area contributed by atoms with Crippen LogP contribution in [-0.2, 0) is 9.53 Å². The summed E-state index contributed by atoms with van der Waals surface area (Å²) in [6, 6.07) is 3.20. The molecule has 1 saturated heterocycles. The third kappa shape index (κ3) is 4.62. The molecule has 1 aromatic rings. The van der Waals surface area contributed by atoms with Crippen molar-refractivity contribution < 1.29 is 23.0 Å². The number of nitrogens with zero attached hydrogens (tertiary/aromatic N) is 2. The molecule has 1 aliphatic rings. The lowest BCUT2D eigenvalue weighted by Crippen LogP contribution is -2.41. The summed E-state index contributed by atoms with van der Waals surface area (Å²) in [4.78, 5) is 15.8. The topological polar surface area (TPSA) is 42.0 Å². The fourth-order valence-corrected chi connectivity index (χ4v) is 2.67. The molecule has 1 amide bonds. The maximum absolute atomic E-state index is 13.5. The molecule has 23 heavy (non-hydrogen) atoms. The van der Waals surface area contributed by atoms with E-state index in [9.17, 15) is 13.6 Å². The number of benzene rings is 1. The van der Waals surface area contributed by atoms with Gasteiger partial charge in [0.25, 0.3) is 5.91 Å². The number of hydrogen-bond acceptors (Lipinski definition) is 4. The Hall–Kier alpha value is -1.73. The van der Waals surface area contributed by atoms with E-state index < -0.39 is 11.6 Å². The second kappa shape index (κ2) is 7.70. The zero-order chi connectivity index (χ0) is 17.0. The minimum absolute atomic E-state index is 0.134. The number of methoxy groups -OCH3 is 1. The maximum Gasteiger partial charge on any atom is 0.260 e. The molecule has 128 valence electrons. The van der Waals surface area contributed by atoms with Crippen molar-refractivity contribution in [2.45, 2.75) is 18.6 Å². The Morgan fingerprint density at radius 2 is 2.17 bits per heavy atom. The highest BCUT2D eigenvalue weighted by Crippen LogP contribution is 2.19. The van der Waals surface area contributed by atoms with Gasteiger partial charge in [0.1, 0.15) is 5.82 Å². The Morgan fingerprint density at radius 3 is 2.78 bits per heavy atom. The van der Waals surface area contributed by atoms with Gasteiger partial charge in [-0.25, -0.2) is 8.78 Å². The lowest BCUT2D eigenvalue weighted by Gasteiger charge is -2.25. The highest BCUT2D eigenvalue weighted by molar-refractivity contribution is 5.77. The van der Waals surface area contributed by atoms with Gasteiger partial charge in [0.05, 0.1) is 6.10 Å². The van der Waals surface area contributed by atoms with Crippen molar-refractivity contribution in [2.24, 2.45) is 0 Å². The van der Waals surface area contributed by atoms with Gasteiger partial charge in [-0.05, 0) is 25.6 Å². The molecule has 2 atom stereocenters. The van der Waals surface area contributed by atoms with E-state index in [2.05, 4.69) is 4.90 Å². The minimum atomic E-state index is -0.820. The van der Waals surface area contributed by atoms with Crippen LogP contribution in [0.1, 0.15) is 6.42 Å². The summed E-state index contributed by atoms with van der Waals surface area (Å²) >= 11 is 0. The molecule has 1 heterocycles. The van der Waals surface area contributed by atoms with E-state index >= 15 is 0 Å². The number of likely N-dealkylation sites (N-methyl/N-ethyl adjacent to an activating group) is 2. The van der Waals surface area contributed by atoms with Gasteiger partial charge in [0, 0.05) is 39.4 Å². The van der Waals surface area contributed by atoms with Gasteiger partial charge in [-0.3, -0.25) is 9.69 Å². The zero-order valence-corrected chi connectivity index (χ0v) is 13.6. The highest BCUT2D eigenvalue weighted by Gasteiger charge is 2.31.